The molecule has 0 aliphatic heterocycles. The molecule has 3 N–H and O–H groups in total. The molecule has 0 fully saturated rings. The summed E-state index contributed by atoms with van der Waals surface area (Å²) in [6.07, 6.45) is 2.46. The van der Waals surface area contributed by atoms with E-state index in [-0.39, 0.29) is 18.6 Å². The van der Waals surface area contributed by atoms with Crippen LogP contribution in [0.4, 0.5) is 5.82 Å². The number of aromatic nitrogens is 1. The maximum absolute atomic E-state index is 9.37. The summed E-state index contributed by atoms with van der Waals surface area (Å²) in [5.74, 6) is 0.674. The first kappa shape index (κ1) is 14.9. The molecular formula is C14H24N2O2. The number of nitrogens with one attached hydrogen (secondary N) is 1. The molecule has 0 aromatic carbocycles. The maximum Gasteiger partial charge on any atom is 0.126 e. The van der Waals surface area contributed by atoms with Crippen LogP contribution in [0.2, 0.25) is 0 Å². The average molecular weight is 252 g/mol. The van der Waals surface area contributed by atoms with Gasteiger partial charge in [-0.2, -0.15) is 0 Å². The highest BCUT2D eigenvalue weighted by molar-refractivity contribution is 5.40. The second kappa shape index (κ2) is 5.67. The lowest BCUT2D eigenvalue weighted by Gasteiger charge is -2.30. The zero-order chi connectivity index (χ0) is 13.8. The second-order valence-corrected chi connectivity index (χ2v) is 5.76. The minimum absolute atomic E-state index is 0.0708. The molecule has 102 valence electrons. The highest BCUT2D eigenvalue weighted by atomic mass is 16.3. The van der Waals surface area contributed by atoms with E-state index in [4.69, 9.17) is 0 Å². The van der Waals surface area contributed by atoms with E-state index in [1.54, 1.807) is 0 Å². The van der Waals surface area contributed by atoms with Gasteiger partial charge in [0.15, 0.2) is 0 Å². The Bertz CT molecular complexity index is 356. The van der Waals surface area contributed by atoms with Gasteiger partial charge in [0, 0.05) is 6.20 Å². The number of anilines is 1. The first-order chi connectivity index (χ1) is 8.37. The van der Waals surface area contributed by atoms with Gasteiger partial charge in [0.1, 0.15) is 5.82 Å². The standard InChI is InChI=1S/C14H24N2O2/c1-5-14(9-17,10-18)16-12-7-6-11(8-15-12)13(2,3)4/h6-8,17-18H,5,9-10H2,1-4H3,(H,15,16). The first-order valence-electron chi connectivity index (χ1n) is 6.33. The normalized spacial score (nSPS) is 12.6. The largest absolute Gasteiger partial charge is 0.394 e. The molecule has 4 nitrogen and oxygen atoms in total. The Kier molecular flexibility index (Phi) is 4.71. The van der Waals surface area contributed by atoms with Crippen molar-refractivity contribution in [1.29, 1.82) is 0 Å². The Morgan fingerprint density at radius 1 is 1.17 bits per heavy atom. The fraction of sp³-hybridized carbons (Fsp3) is 0.643. The molecule has 0 amide bonds. The van der Waals surface area contributed by atoms with Crippen LogP contribution in [0.3, 0.4) is 0 Å². The summed E-state index contributed by atoms with van der Waals surface area (Å²) in [6, 6.07) is 3.90. The number of hydrogen-bond donors (Lipinski definition) is 3. The van der Waals surface area contributed by atoms with Gasteiger partial charge >= 0.3 is 0 Å². The fourth-order valence-electron chi connectivity index (χ4n) is 1.62. The van der Waals surface area contributed by atoms with Crippen LogP contribution in [0.5, 0.6) is 0 Å². The van der Waals surface area contributed by atoms with Crippen LogP contribution < -0.4 is 5.32 Å². The molecule has 1 rings (SSSR count). The lowest BCUT2D eigenvalue weighted by atomic mass is 9.88. The van der Waals surface area contributed by atoms with E-state index in [0.717, 1.165) is 5.56 Å². The van der Waals surface area contributed by atoms with Gasteiger partial charge < -0.3 is 15.5 Å². The Hall–Kier alpha value is -1.13. The van der Waals surface area contributed by atoms with Crippen molar-refractivity contribution in [3.8, 4) is 0 Å². The molecule has 0 unspecified atom stereocenters. The predicted octanol–water partition coefficient (Wildman–Crippen LogP) is 1.92. The molecule has 1 aromatic heterocycles. The summed E-state index contributed by atoms with van der Waals surface area (Å²) in [6.45, 7) is 8.08. The van der Waals surface area contributed by atoms with Crippen LogP contribution in [-0.4, -0.2) is 33.9 Å². The topological polar surface area (TPSA) is 65.4 Å². The van der Waals surface area contributed by atoms with Crippen LogP contribution >= 0.6 is 0 Å². The third-order valence-corrected chi connectivity index (χ3v) is 3.30. The molecule has 0 aliphatic rings. The summed E-state index contributed by atoms with van der Waals surface area (Å²) >= 11 is 0. The van der Waals surface area contributed by atoms with Crippen LogP contribution in [0.1, 0.15) is 39.7 Å². The number of aliphatic hydroxyl groups excluding tert-OH is 2. The smallest absolute Gasteiger partial charge is 0.126 e. The molecule has 18 heavy (non-hydrogen) atoms. The molecule has 0 saturated heterocycles. The van der Waals surface area contributed by atoms with Crippen LogP contribution in [0.25, 0.3) is 0 Å². The number of aliphatic hydroxyl groups is 2. The van der Waals surface area contributed by atoms with Gasteiger partial charge in [-0.15, -0.1) is 0 Å². The summed E-state index contributed by atoms with van der Waals surface area (Å²) in [7, 11) is 0. The van der Waals surface area contributed by atoms with E-state index in [1.807, 2.05) is 25.3 Å². The number of hydrogen-bond acceptors (Lipinski definition) is 4. The van der Waals surface area contributed by atoms with Gasteiger partial charge in [-0.05, 0) is 23.5 Å². The molecule has 0 bridgehead atoms. The molecule has 0 aliphatic carbocycles. The van der Waals surface area contributed by atoms with E-state index in [0.29, 0.717) is 12.2 Å². The van der Waals surface area contributed by atoms with Crippen molar-refractivity contribution >= 4 is 5.82 Å². The summed E-state index contributed by atoms with van der Waals surface area (Å²) in [5.41, 5.74) is 0.528. The van der Waals surface area contributed by atoms with Gasteiger partial charge in [-0.25, -0.2) is 4.98 Å². The molecule has 0 saturated carbocycles. The SMILES string of the molecule is CCC(CO)(CO)Nc1ccc(C(C)(C)C)cn1. The lowest BCUT2D eigenvalue weighted by molar-refractivity contribution is 0.132. The molecule has 1 aromatic rings. The molecule has 0 radical (unpaired) electrons. The van der Waals surface area contributed by atoms with Crippen LogP contribution in [0, 0.1) is 0 Å². The number of nitrogens with zero attached hydrogens (tertiary/aromatic N) is 1. The third kappa shape index (κ3) is 3.43. The number of pyridine rings is 1. The lowest BCUT2D eigenvalue weighted by Crippen LogP contribution is -2.45. The van der Waals surface area contributed by atoms with Gasteiger partial charge in [0.05, 0.1) is 18.8 Å². The van der Waals surface area contributed by atoms with E-state index in [2.05, 4.69) is 31.1 Å². The Labute approximate surface area is 109 Å². The van der Waals surface area contributed by atoms with Crippen molar-refractivity contribution in [2.24, 2.45) is 0 Å². The predicted molar refractivity (Wildman–Crippen MR) is 73.8 cm³/mol. The van der Waals surface area contributed by atoms with Crippen molar-refractivity contribution in [2.75, 3.05) is 18.5 Å². The summed E-state index contributed by atoms with van der Waals surface area (Å²) < 4.78 is 0. The average Bonchev–Trinajstić information content (AvgIpc) is 2.36. The van der Waals surface area contributed by atoms with Gasteiger partial charge in [-0.1, -0.05) is 33.8 Å². The highest BCUT2D eigenvalue weighted by Gasteiger charge is 2.26. The van der Waals surface area contributed by atoms with Crippen LogP contribution in [0.15, 0.2) is 18.3 Å². The Morgan fingerprint density at radius 2 is 1.78 bits per heavy atom. The van der Waals surface area contributed by atoms with Crippen molar-refractivity contribution in [2.45, 2.75) is 45.1 Å². The zero-order valence-electron chi connectivity index (χ0n) is 11.7. The monoisotopic (exact) mass is 252 g/mol. The minimum Gasteiger partial charge on any atom is -0.394 e. The van der Waals surface area contributed by atoms with Crippen molar-refractivity contribution in [3.63, 3.8) is 0 Å². The molecule has 0 spiro atoms. The summed E-state index contributed by atoms with van der Waals surface area (Å²) in [4.78, 5) is 4.34. The molecule has 0 atom stereocenters. The van der Waals surface area contributed by atoms with Crippen LogP contribution in [-0.2, 0) is 5.41 Å². The third-order valence-electron chi connectivity index (χ3n) is 3.30. The second-order valence-electron chi connectivity index (χ2n) is 5.76. The molecule has 1 heterocycles. The molecular weight excluding hydrogens is 228 g/mol. The number of rotatable bonds is 5. The van der Waals surface area contributed by atoms with E-state index >= 15 is 0 Å². The van der Waals surface area contributed by atoms with Crippen molar-refractivity contribution in [1.82, 2.24) is 4.98 Å². The molecule has 4 heteroatoms. The Balaban J connectivity index is 2.86. The zero-order valence-corrected chi connectivity index (χ0v) is 11.7. The maximum atomic E-state index is 9.37. The minimum atomic E-state index is -0.698. The van der Waals surface area contributed by atoms with E-state index in [9.17, 15) is 10.2 Å². The highest BCUT2D eigenvalue weighted by Crippen LogP contribution is 2.23. The quantitative estimate of drug-likeness (QED) is 0.749. The van der Waals surface area contributed by atoms with Crippen molar-refractivity contribution in [3.05, 3.63) is 23.9 Å². The van der Waals surface area contributed by atoms with Gasteiger partial charge in [0.2, 0.25) is 0 Å². The fourth-order valence-corrected chi connectivity index (χ4v) is 1.62. The van der Waals surface area contributed by atoms with E-state index < -0.39 is 5.54 Å². The van der Waals surface area contributed by atoms with Crippen molar-refractivity contribution < 1.29 is 10.2 Å². The summed E-state index contributed by atoms with van der Waals surface area (Å²) in [5, 5.41) is 21.9. The van der Waals surface area contributed by atoms with E-state index in [1.165, 1.54) is 0 Å². The van der Waals surface area contributed by atoms with Gasteiger partial charge in [0.25, 0.3) is 0 Å². The Morgan fingerprint density at radius 3 is 2.11 bits per heavy atom. The first-order valence-corrected chi connectivity index (χ1v) is 6.33. The van der Waals surface area contributed by atoms with Gasteiger partial charge in [-0.3, -0.25) is 0 Å².